The SMILES string of the molecule is Brc1ccccc1NC(=[NH+]c1ccccc1Br)c1ccccc1. The van der Waals surface area contributed by atoms with Gasteiger partial charge in [-0.15, -0.1) is 0 Å². The summed E-state index contributed by atoms with van der Waals surface area (Å²) in [5, 5.41) is 3.48. The Morgan fingerprint density at radius 3 is 2.00 bits per heavy atom. The molecule has 0 atom stereocenters. The molecule has 114 valence electrons. The zero-order valence-corrected chi connectivity index (χ0v) is 15.4. The predicted molar refractivity (Wildman–Crippen MR) is 103 cm³/mol. The largest absolute Gasteiger partial charge is 0.285 e. The number of amidine groups is 1. The molecule has 0 aliphatic rings. The number of nitrogens with one attached hydrogen (secondary N) is 2. The van der Waals surface area contributed by atoms with Crippen molar-refractivity contribution in [3.63, 3.8) is 0 Å². The molecule has 3 aromatic carbocycles. The van der Waals surface area contributed by atoms with Gasteiger partial charge in [0.2, 0.25) is 0 Å². The number of rotatable bonds is 3. The average molecular weight is 431 g/mol. The summed E-state index contributed by atoms with van der Waals surface area (Å²) in [4.78, 5) is 3.48. The van der Waals surface area contributed by atoms with Gasteiger partial charge < -0.3 is 0 Å². The van der Waals surface area contributed by atoms with Gasteiger partial charge >= 0.3 is 0 Å². The lowest BCUT2D eigenvalue weighted by Gasteiger charge is -2.06. The van der Waals surface area contributed by atoms with E-state index in [2.05, 4.69) is 54.3 Å². The van der Waals surface area contributed by atoms with Gasteiger partial charge in [0.25, 0.3) is 5.84 Å². The van der Waals surface area contributed by atoms with Crippen molar-refractivity contribution in [1.29, 1.82) is 0 Å². The normalized spacial score (nSPS) is 11.3. The van der Waals surface area contributed by atoms with Gasteiger partial charge in [-0.05, 0) is 68.3 Å². The maximum atomic E-state index is 3.58. The molecule has 0 fully saturated rings. The van der Waals surface area contributed by atoms with Crippen molar-refractivity contribution in [2.75, 3.05) is 5.32 Å². The molecule has 0 bridgehead atoms. The van der Waals surface area contributed by atoms with E-state index in [1.54, 1.807) is 0 Å². The van der Waals surface area contributed by atoms with E-state index in [9.17, 15) is 0 Å². The Morgan fingerprint density at radius 1 is 0.696 bits per heavy atom. The van der Waals surface area contributed by atoms with E-state index >= 15 is 0 Å². The van der Waals surface area contributed by atoms with Crippen LogP contribution in [0.5, 0.6) is 0 Å². The van der Waals surface area contributed by atoms with E-state index in [0.717, 1.165) is 31.7 Å². The number of benzene rings is 3. The molecule has 4 heteroatoms. The molecule has 0 spiro atoms. The standard InChI is InChI=1S/C19H14Br2N2/c20-15-10-4-6-12-17(15)22-19(14-8-2-1-3-9-14)23-18-13-7-5-11-16(18)21/h1-13H,(H,22,23)/p+1. The first kappa shape index (κ1) is 16.0. The smallest absolute Gasteiger partial charge is 0.239 e. The van der Waals surface area contributed by atoms with Crippen LogP contribution < -0.4 is 10.3 Å². The van der Waals surface area contributed by atoms with E-state index in [0.29, 0.717) is 0 Å². The van der Waals surface area contributed by atoms with Crippen LogP contribution in [0.4, 0.5) is 11.4 Å². The van der Waals surface area contributed by atoms with Crippen molar-refractivity contribution in [2.24, 2.45) is 0 Å². The third-order valence-electron chi connectivity index (χ3n) is 3.33. The third kappa shape index (κ3) is 4.09. The summed E-state index contributed by atoms with van der Waals surface area (Å²) >= 11 is 7.17. The van der Waals surface area contributed by atoms with Crippen LogP contribution in [-0.4, -0.2) is 5.84 Å². The minimum atomic E-state index is 0.921. The van der Waals surface area contributed by atoms with E-state index in [4.69, 9.17) is 0 Å². The highest BCUT2D eigenvalue weighted by Crippen LogP contribution is 2.22. The molecule has 2 N–H and O–H groups in total. The second kappa shape index (κ2) is 7.57. The molecule has 0 heterocycles. The van der Waals surface area contributed by atoms with Crippen LogP contribution in [0.15, 0.2) is 87.8 Å². The van der Waals surface area contributed by atoms with Crippen LogP contribution in [0.1, 0.15) is 5.56 Å². The summed E-state index contributed by atoms with van der Waals surface area (Å²) in [6, 6.07) is 26.3. The highest BCUT2D eigenvalue weighted by atomic mass is 79.9. The Morgan fingerprint density at radius 2 is 1.30 bits per heavy atom. The van der Waals surface area contributed by atoms with Gasteiger partial charge in [-0.1, -0.05) is 42.5 Å². The topological polar surface area (TPSA) is 26.0 Å². The molecule has 0 aliphatic heterocycles. The summed E-state index contributed by atoms with van der Waals surface area (Å²) in [6.45, 7) is 0. The van der Waals surface area contributed by atoms with Crippen molar-refractivity contribution in [3.8, 4) is 0 Å². The van der Waals surface area contributed by atoms with Gasteiger partial charge in [-0.3, -0.25) is 0 Å². The van der Waals surface area contributed by atoms with Crippen LogP contribution in [0.3, 0.4) is 0 Å². The van der Waals surface area contributed by atoms with Gasteiger partial charge in [-0.25, -0.2) is 10.3 Å². The van der Waals surface area contributed by atoms with Crippen molar-refractivity contribution in [2.45, 2.75) is 0 Å². The van der Waals surface area contributed by atoms with Crippen molar-refractivity contribution in [3.05, 3.63) is 93.4 Å². The lowest BCUT2D eigenvalue weighted by molar-refractivity contribution is -0.353. The fraction of sp³-hybridized carbons (Fsp3) is 0. The quantitative estimate of drug-likeness (QED) is 0.464. The first-order chi connectivity index (χ1) is 11.2. The Labute approximate surface area is 152 Å². The van der Waals surface area contributed by atoms with Gasteiger partial charge in [-0.2, -0.15) is 0 Å². The van der Waals surface area contributed by atoms with Gasteiger partial charge in [0.15, 0.2) is 0 Å². The lowest BCUT2D eigenvalue weighted by Crippen LogP contribution is -2.69. The minimum Gasteiger partial charge on any atom is -0.239 e. The molecule has 0 saturated carbocycles. The van der Waals surface area contributed by atoms with Crippen LogP contribution in [-0.2, 0) is 0 Å². The lowest BCUT2D eigenvalue weighted by atomic mass is 10.2. The molecule has 0 saturated heterocycles. The minimum absolute atomic E-state index is 0.921. The fourth-order valence-electron chi connectivity index (χ4n) is 2.17. The predicted octanol–water partition coefficient (Wildman–Crippen LogP) is 4.48. The molecule has 0 aliphatic carbocycles. The molecule has 3 aromatic rings. The first-order valence-corrected chi connectivity index (χ1v) is 8.78. The fourth-order valence-corrected chi connectivity index (χ4v) is 2.94. The van der Waals surface area contributed by atoms with E-state index < -0.39 is 0 Å². The van der Waals surface area contributed by atoms with E-state index in [1.807, 2.05) is 66.7 Å². The number of halogens is 2. The number of para-hydroxylation sites is 2. The first-order valence-electron chi connectivity index (χ1n) is 7.19. The van der Waals surface area contributed by atoms with Crippen LogP contribution in [0.2, 0.25) is 0 Å². The summed E-state index contributed by atoms with van der Waals surface area (Å²) < 4.78 is 2.03. The zero-order valence-electron chi connectivity index (χ0n) is 12.3. The summed E-state index contributed by atoms with van der Waals surface area (Å²) in [5.74, 6) is 0.921. The van der Waals surface area contributed by atoms with Crippen molar-refractivity contribution in [1.82, 2.24) is 0 Å². The highest BCUT2D eigenvalue weighted by molar-refractivity contribution is 9.11. The maximum absolute atomic E-state index is 3.58. The number of hydrogen-bond acceptors (Lipinski definition) is 0. The molecule has 0 unspecified atom stereocenters. The molecular weight excluding hydrogens is 416 g/mol. The average Bonchev–Trinajstić information content (AvgIpc) is 2.59. The third-order valence-corrected chi connectivity index (χ3v) is 4.71. The number of hydrogen-bond donors (Lipinski definition) is 2. The van der Waals surface area contributed by atoms with Crippen LogP contribution >= 0.6 is 31.9 Å². The highest BCUT2D eigenvalue weighted by Gasteiger charge is 2.14. The van der Waals surface area contributed by atoms with Crippen LogP contribution in [0, 0.1) is 0 Å². The maximum Gasteiger partial charge on any atom is 0.285 e. The molecule has 2 nitrogen and oxygen atoms in total. The second-order valence-corrected chi connectivity index (χ2v) is 6.66. The monoisotopic (exact) mass is 429 g/mol. The summed E-state index contributed by atoms with van der Waals surface area (Å²) in [5.41, 5.74) is 3.09. The summed E-state index contributed by atoms with van der Waals surface area (Å²) in [6.07, 6.45) is 0. The van der Waals surface area contributed by atoms with Crippen molar-refractivity contribution < 1.29 is 4.99 Å². The Bertz CT molecular complexity index is 830. The second-order valence-electron chi connectivity index (χ2n) is 4.95. The molecule has 3 rings (SSSR count). The Kier molecular flexibility index (Phi) is 5.26. The molecule has 23 heavy (non-hydrogen) atoms. The van der Waals surface area contributed by atoms with Crippen LogP contribution in [0.25, 0.3) is 0 Å². The Balaban J connectivity index is 2.05. The van der Waals surface area contributed by atoms with E-state index in [-0.39, 0.29) is 0 Å². The molecule has 0 amide bonds. The number of anilines is 1. The van der Waals surface area contributed by atoms with Gasteiger partial charge in [0.1, 0.15) is 11.4 Å². The molecule has 0 aromatic heterocycles. The van der Waals surface area contributed by atoms with Gasteiger partial charge in [0.05, 0.1) is 14.5 Å². The summed E-state index contributed by atoms with van der Waals surface area (Å²) in [7, 11) is 0. The Hall–Kier alpha value is -1.91. The molecule has 0 radical (unpaired) electrons. The van der Waals surface area contributed by atoms with Gasteiger partial charge in [0, 0.05) is 0 Å². The zero-order chi connectivity index (χ0) is 16.1. The molecular formula is C19H15Br2N2+. The van der Waals surface area contributed by atoms with E-state index in [1.165, 1.54) is 0 Å². The van der Waals surface area contributed by atoms with Crippen molar-refractivity contribution >= 4 is 49.1 Å².